The van der Waals surface area contributed by atoms with E-state index in [0.717, 1.165) is 4.90 Å². The number of thioether (sulfide) groups is 1. The molecule has 0 bridgehead atoms. The van der Waals surface area contributed by atoms with Gasteiger partial charge in [0.25, 0.3) is 0 Å². The number of benzene rings is 2. The summed E-state index contributed by atoms with van der Waals surface area (Å²) in [6.45, 7) is 1.84. The minimum Gasteiger partial charge on any atom is -0.293 e. The van der Waals surface area contributed by atoms with Crippen molar-refractivity contribution in [1.29, 1.82) is 0 Å². The molecule has 0 fully saturated rings. The summed E-state index contributed by atoms with van der Waals surface area (Å²) in [6, 6.07) is 14.3. The molecule has 2 aromatic rings. The van der Waals surface area contributed by atoms with Gasteiger partial charge in [-0.15, -0.1) is 11.8 Å². The summed E-state index contributed by atoms with van der Waals surface area (Å²) in [5.74, 6) is 4.94. The van der Waals surface area contributed by atoms with Crippen LogP contribution in [0.25, 0.3) is 10.8 Å². The van der Waals surface area contributed by atoms with Gasteiger partial charge in [-0.2, -0.15) is 0 Å². The topological polar surface area (TPSA) is 55.1 Å². The summed E-state index contributed by atoms with van der Waals surface area (Å²) >= 11 is 1.50. The molecule has 1 amide bonds. The molecule has 0 saturated carbocycles. The normalized spacial score (nSPS) is 12.4. The maximum absolute atomic E-state index is 11.3. The molecule has 2 aromatic carbocycles. The van der Waals surface area contributed by atoms with Crippen molar-refractivity contribution in [1.82, 2.24) is 5.43 Å². The zero-order valence-electron chi connectivity index (χ0n) is 9.51. The van der Waals surface area contributed by atoms with Crippen molar-refractivity contribution in [3.63, 3.8) is 0 Å². The number of nitrogens with one attached hydrogen (secondary N) is 1. The number of carbonyl (C=O) groups is 1. The van der Waals surface area contributed by atoms with E-state index in [1.807, 2.05) is 25.1 Å². The van der Waals surface area contributed by atoms with E-state index in [2.05, 4.69) is 29.7 Å². The standard InChI is InChI=1S/C13H14N2OS/c1-9(13(16)15-14)17-12-7-6-10-4-2-3-5-11(10)8-12/h2-9H,14H2,1H3,(H,15,16). The number of hydrogen-bond donors (Lipinski definition) is 2. The van der Waals surface area contributed by atoms with Gasteiger partial charge in [-0.05, 0) is 29.8 Å². The van der Waals surface area contributed by atoms with E-state index in [1.54, 1.807) is 0 Å². The third-order valence-corrected chi connectivity index (χ3v) is 3.64. The van der Waals surface area contributed by atoms with Gasteiger partial charge in [0.15, 0.2) is 0 Å². The molecule has 0 aromatic heterocycles. The summed E-state index contributed by atoms with van der Waals surface area (Å²) < 4.78 is 0. The van der Waals surface area contributed by atoms with Crippen LogP contribution in [0.3, 0.4) is 0 Å². The second-order valence-electron chi connectivity index (χ2n) is 3.78. The molecule has 17 heavy (non-hydrogen) atoms. The van der Waals surface area contributed by atoms with E-state index in [1.165, 1.54) is 22.5 Å². The van der Waals surface area contributed by atoms with Gasteiger partial charge in [-0.1, -0.05) is 30.3 Å². The molecule has 2 rings (SSSR count). The molecule has 3 nitrogen and oxygen atoms in total. The quantitative estimate of drug-likeness (QED) is 0.378. The lowest BCUT2D eigenvalue weighted by atomic mass is 10.1. The van der Waals surface area contributed by atoms with Gasteiger partial charge in [-0.3, -0.25) is 10.2 Å². The molecule has 0 spiro atoms. The Kier molecular flexibility index (Phi) is 3.66. The maximum atomic E-state index is 11.3. The maximum Gasteiger partial charge on any atom is 0.247 e. The zero-order valence-corrected chi connectivity index (χ0v) is 10.3. The lowest BCUT2D eigenvalue weighted by Crippen LogP contribution is -2.36. The van der Waals surface area contributed by atoms with Crippen molar-refractivity contribution in [3.8, 4) is 0 Å². The molecule has 0 aliphatic heterocycles. The van der Waals surface area contributed by atoms with Gasteiger partial charge in [0.05, 0.1) is 5.25 Å². The minimum absolute atomic E-state index is 0.164. The highest BCUT2D eigenvalue weighted by Crippen LogP contribution is 2.26. The van der Waals surface area contributed by atoms with E-state index in [-0.39, 0.29) is 11.2 Å². The number of rotatable bonds is 3. The number of nitrogens with two attached hydrogens (primary N) is 1. The first-order valence-electron chi connectivity index (χ1n) is 5.36. The third kappa shape index (κ3) is 2.78. The van der Waals surface area contributed by atoms with Crippen molar-refractivity contribution < 1.29 is 4.79 Å². The largest absolute Gasteiger partial charge is 0.293 e. The number of hydrogen-bond acceptors (Lipinski definition) is 3. The second kappa shape index (κ2) is 5.21. The Labute approximate surface area is 104 Å². The van der Waals surface area contributed by atoms with Gasteiger partial charge in [-0.25, -0.2) is 5.84 Å². The molecule has 0 heterocycles. The van der Waals surface area contributed by atoms with Crippen LogP contribution in [0.1, 0.15) is 6.92 Å². The van der Waals surface area contributed by atoms with Crippen molar-refractivity contribution >= 4 is 28.4 Å². The van der Waals surface area contributed by atoms with Crippen LogP contribution in [0.4, 0.5) is 0 Å². The van der Waals surface area contributed by atoms with Crippen LogP contribution in [0.5, 0.6) is 0 Å². The number of fused-ring (bicyclic) bond motifs is 1. The summed E-state index contributed by atoms with van der Waals surface area (Å²) in [7, 11) is 0. The van der Waals surface area contributed by atoms with Crippen LogP contribution in [0.15, 0.2) is 47.4 Å². The molecule has 0 aliphatic rings. The Balaban J connectivity index is 2.22. The van der Waals surface area contributed by atoms with E-state index in [9.17, 15) is 4.79 Å². The molecule has 0 radical (unpaired) electrons. The van der Waals surface area contributed by atoms with Gasteiger partial charge in [0, 0.05) is 4.90 Å². The van der Waals surface area contributed by atoms with E-state index < -0.39 is 0 Å². The predicted molar refractivity (Wildman–Crippen MR) is 71.6 cm³/mol. The summed E-state index contributed by atoms with van der Waals surface area (Å²) in [5.41, 5.74) is 2.16. The Hall–Kier alpha value is -1.52. The van der Waals surface area contributed by atoms with Crippen LogP contribution in [0.2, 0.25) is 0 Å². The Bertz CT molecular complexity index is 542. The number of amides is 1. The highest BCUT2D eigenvalue weighted by atomic mass is 32.2. The minimum atomic E-state index is -0.193. The highest BCUT2D eigenvalue weighted by Gasteiger charge is 2.12. The first-order valence-corrected chi connectivity index (χ1v) is 6.24. The molecule has 0 aliphatic carbocycles. The molecular weight excluding hydrogens is 232 g/mol. The van der Waals surface area contributed by atoms with E-state index in [4.69, 9.17) is 5.84 Å². The average Bonchev–Trinajstić information content (AvgIpc) is 2.37. The molecule has 88 valence electrons. The van der Waals surface area contributed by atoms with Crippen molar-refractivity contribution in [3.05, 3.63) is 42.5 Å². The van der Waals surface area contributed by atoms with Gasteiger partial charge >= 0.3 is 0 Å². The van der Waals surface area contributed by atoms with Gasteiger partial charge < -0.3 is 0 Å². The molecular formula is C13H14N2OS. The van der Waals surface area contributed by atoms with Crippen molar-refractivity contribution in [2.45, 2.75) is 17.1 Å². The lowest BCUT2D eigenvalue weighted by molar-refractivity contribution is -0.120. The Morgan fingerprint density at radius 2 is 1.94 bits per heavy atom. The SMILES string of the molecule is CC(Sc1ccc2ccccc2c1)C(=O)NN. The fourth-order valence-corrected chi connectivity index (χ4v) is 2.54. The average molecular weight is 246 g/mol. The fraction of sp³-hybridized carbons (Fsp3) is 0.154. The monoisotopic (exact) mass is 246 g/mol. The summed E-state index contributed by atoms with van der Waals surface area (Å²) in [6.07, 6.45) is 0. The van der Waals surface area contributed by atoms with Gasteiger partial charge in [0.2, 0.25) is 5.91 Å². The third-order valence-electron chi connectivity index (χ3n) is 2.55. The zero-order chi connectivity index (χ0) is 12.3. The van der Waals surface area contributed by atoms with Crippen molar-refractivity contribution in [2.75, 3.05) is 0 Å². The van der Waals surface area contributed by atoms with E-state index in [0.29, 0.717) is 0 Å². The smallest absolute Gasteiger partial charge is 0.247 e. The van der Waals surface area contributed by atoms with Crippen LogP contribution >= 0.6 is 11.8 Å². The van der Waals surface area contributed by atoms with Crippen LogP contribution in [0, 0.1) is 0 Å². The molecule has 0 saturated heterocycles. The molecule has 1 atom stereocenters. The van der Waals surface area contributed by atoms with Crippen molar-refractivity contribution in [2.24, 2.45) is 5.84 Å². The van der Waals surface area contributed by atoms with Crippen LogP contribution in [-0.2, 0) is 4.79 Å². The lowest BCUT2D eigenvalue weighted by Gasteiger charge is -2.09. The first kappa shape index (κ1) is 12.0. The Morgan fingerprint density at radius 1 is 1.24 bits per heavy atom. The van der Waals surface area contributed by atoms with Crippen LogP contribution in [-0.4, -0.2) is 11.2 Å². The fourth-order valence-electron chi connectivity index (χ4n) is 1.62. The van der Waals surface area contributed by atoms with Crippen LogP contribution < -0.4 is 11.3 Å². The summed E-state index contributed by atoms with van der Waals surface area (Å²) in [4.78, 5) is 12.4. The number of hydrazine groups is 1. The van der Waals surface area contributed by atoms with E-state index >= 15 is 0 Å². The molecule has 1 unspecified atom stereocenters. The Morgan fingerprint density at radius 3 is 2.65 bits per heavy atom. The highest BCUT2D eigenvalue weighted by molar-refractivity contribution is 8.00. The predicted octanol–water partition coefficient (Wildman–Crippen LogP) is 2.31. The molecule has 4 heteroatoms. The second-order valence-corrected chi connectivity index (χ2v) is 5.19. The number of carbonyl (C=O) groups excluding carboxylic acids is 1. The molecule has 3 N–H and O–H groups in total. The first-order chi connectivity index (χ1) is 8.20. The van der Waals surface area contributed by atoms with Gasteiger partial charge in [0.1, 0.15) is 0 Å². The summed E-state index contributed by atoms with van der Waals surface area (Å²) in [5, 5.41) is 2.19.